The van der Waals surface area contributed by atoms with Gasteiger partial charge >= 0.3 is 324 Å². The van der Waals surface area contributed by atoms with Gasteiger partial charge < -0.3 is 0 Å². The van der Waals surface area contributed by atoms with Crippen LogP contribution in [0.4, 0.5) is 34.1 Å². The number of nitrogens with zero attached hydrogens (tertiary/aromatic N) is 5. The summed E-state index contributed by atoms with van der Waals surface area (Å²) in [5, 5.41) is 0. The van der Waals surface area contributed by atoms with E-state index >= 15 is 0 Å². The van der Waals surface area contributed by atoms with Gasteiger partial charge in [-0.05, 0) is 18.2 Å². The van der Waals surface area contributed by atoms with Crippen LogP contribution in [0.25, 0.3) is 33.9 Å². The molecular formula is C64H43GeN5. The second-order valence-electron chi connectivity index (χ2n) is 18.3. The molecule has 3 aliphatic heterocycles. The zero-order valence-electron chi connectivity index (χ0n) is 38.1. The summed E-state index contributed by atoms with van der Waals surface area (Å²) in [7, 11) is 0. The standard InChI is InChI=1S/C64H43GeN5/c1-3-19-44(20-4-1)57-43-58(45-39-41-66-42-40-45)68-63(67-57)46-35-37-48(38-36-46)69-59-31-15-9-25-51(59)64(52-26-10-16-32-60(52)69)49-23-7-11-27-53(49)65(54-28-12-8-24-50(54)64)55-29-13-17-33-61(55)70(47-21-5-2-6-22-47)62-34-18-14-30-56(62)65/h1-43H. The Morgan fingerprint density at radius 2 is 0.714 bits per heavy atom. The number of benzene rings is 9. The van der Waals surface area contributed by atoms with Gasteiger partial charge in [0.15, 0.2) is 0 Å². The Morgan fingerprint density at radius 1 is 0.314 bits per heavy atom. The van der Waals surface area contributed by atoms with Crippen LogP contribution in [-0.4, -0.2) is 28.2 Å². The van der Waals surface area contributed by atoms with Crippen LogP contribution < -0.4 is 27.4 Å². The minimum absolute atomic E-state index is 0.622. The number of hydrogen-bond donors (Lipinski definition) is 0. The van der Waals surface area contributed by atoms with E-state index in [1.54, 1.807) is 0 Å². The van der Waals surface area contributed by atoms with Crippen molar-refractivity contribution in [2.45, 2.75) is 5.41 Å². The molecule has 70 heavy (non-hydrogen) atoms. The fourth-order valence-corrected chi connectivity index (χ4v) is 23.9. The van der Waals surface area contributed by atoms with Crippen molar-refractivity contribution >= 4 is 65.0 Å². The summed E-state index contributed by atoms with van der Waals surface area (Å²) in [5.41, 5.74) is 16.4. The summed E-state index contributed by atoms with van der Waals surface area (Å²) in [6, 6.07) is 91.9. The first-order valence-electron chi connectivity index (χ1n) is 23.9. The molecule has 3 aliphatic rings. The molecular weight excluding hydrogens is 911 g/mol. The third-order valence-electron chi connectivity index (χ3n) is 14.8. The Labute approximate surface area is 410 Å². The molecule has 5 heterocycles. The van der Waals surface area contributed by atoms with Gasteiger partial charge in [0.1, 0.15) is 0 Å². The van der Waals surface area contributed by atoms with Gasteiger partial charge in [0.25, 0.3) is 0 Å². The predicted octanol–water partition coefficient (Wildman–Crippen LogP) is 12.5. The zero-order valence-corrected chi connectivity index (χ0v) is 40.2. The molecule has 14 rings (SSSR count). The van der Waals surface area contributed by atoms with Crippen molar-refractivity contribution in [3.63, 3.8) is 0 Å². The topological polar surface area (TPSA) is 45.2 Å². The smallest absolute Gasteiger partial charge is 0.0616 e. The molecule has 0 bridgehead atoms. The summed E-state index contributed by atoms with van der Waals surface area (Å²) in [4.78, 5) is 19.5. The van der Waals surface area contributed by atoms with Crippen molar-refractivity contribution in [2.75, 3.05) is 9.80 Å². The van der Waals surface area contributed by atoms with E-state index < -0.39 is 18.7 Å². The molecule has 2 aromatic heterocycles. The Morgan fingerprint density at radius 3 is 1.26 bits per heavy atom. The zero-order chi connectivity index (χ0) is 46.2. The molecule has 6 heteroatoms. The van der Waals surface area contributed by atoms with Crippen LogP contribution in [0.15, 0.2) is 261 Å². The summed E-state index contributed by atoms with van der Waals surface area (Å²) in [5.74, 6) is 0.672. The summed E-state index contributed by atoms with van der Waals surface area (Å²) < 4.78 is 5.84. The van der Waals surface area contributed by atoms with Gasteiger partial charge in [0, 0.05) is 23.5 Å². The molecule has 0 unspecified atom stereocenters. The number of fused-ring (bicyclic) bond motifs is 14. The molecule has 0 atom stereocenters. The van der Waals surface area contributed by atoms with E-state index in [0.29, 0.717) is 5.82 Å². The summed E-state index contributed by atoms with van der Waals surface area (Å²) >= 11 is -3.86. The maximum absolute atomic E-state index is 5.16. The van der Waals surface area contributed by atoms with Crippen molar-refractivity contribution in [2.24, 2.45) is 0 Å². The summed E-state index contributed by atoms with van der Waals surface area (Å²) in [6.07, 6.45) is 3.62. The number of rotatable bonds is 5. The van der Waals surface area contributed by atoms with Crippen molar-refractivity contribution in [3.05, 3.63) is 283 Å². The van der Waals surface area contributed by atoms with Crippen LogP contribution in [0.5, 0.6) is 0 Å². The predicted molar refractivity (Wildman–Crippen MR) is 288 cm³/mol. The van der Waals surface area contributed by atoms with Gasteiger partial charge in [0.05, 0.1) is 11.4 Å². The molecule has 11 aromatic rings. The first-order valence-corrected chi connectivity index (χ1v) is 28.1. The summed E-state index contributed by atoms with van der Waals surface area (Å²) in [6.45, 7) is 0. The molecule has 0 aliphatic carbocycles. The van der Waals surface area contributed by atoms with Gasteiger partial charge in [0.2, 0.25) is 0 Å². The van der Waals surface area contributed by atoms with Crippen LogP contribution in [0.2, 0.25) is 0 Å². The fourth-order valence-electron chi connectivity index (χ4n) is 12.1. The number of anilines is 6. The van der Waals surface area contributed by atoms with Crippen LogP contribution in [-0.2, 0) is 5.41 Å². The molecule has 328 valence electrons. The third kappa shape index (κ3) is 5.76. The van der Waals surface area contributed by atoms with Gasteiger partial charge in [-0.15, -0.1) is 0 Å². The first-order chi connectivity index (χ1) is 34.7. The molecule has 5 nitrogen and oxygen atoms in total. The van der Waals surface area contributed by atoms with Crippen LogP contribution in [0.3, 0.4) is 0 Å². The van der Waals surface area contributed by atoms with Crippen LogP contribution in [0, 0.1) is 0 Å². The van der Waals surface area contributed by atoms with Crippen molar-refractivity contribution < 1.29 is 0 Å². The third-order valence-corrected chi connectivity index (χ3v) is 25.2. The molecule has 2 spiro atoms. The van der Waals surface area contributed by atoms with E-state index in [-0.39, 0.29) is 0 Å². The second kappa shape index (κ2) is 16.0. The van der Waals surface area contributed by atoms with Crippen LogP contribution in [0.1, 0.15) is 22.3 Å². The van der Waals surface area contributed by atoms with E-state index in [2.05, 4.69) is 245 Å². The molecule has 0 N–H and O–H groups in total. The average molecular weight is 955 g/mol. The van der Waals surface area contributed by atoms with Crippen molar-refractivity contribution in [1.29, 1.82) is 0 Å². The van der Waals surface area contributed by atoms with E-state index in [1.165, 1.54) is 56.9 Å². The Hall–Kier alpha value is -8.65. The van der Waals surface area contributed by atoms with Gasteiger partial charge in [-0.3, -0.25) is 4.98 Å². The van der Waals surface area contributed by atoms with E-state index in [9.17, 15) is 0 Å². The Bertz CT molecular complexity index is 3600. The number of aromatic nitrogens is 3. The normalized spacial score (nSPS) is 14.2. The average Bonchev–Trinajstić information content (AvgIpc) is 3.45. The molecule has 0 radical (unpaired) electrons. The monoisotopic (exact) mass is 955 g/mol. The molecule has 9 aromatic carbocycles. The van der Waals surface area contributed by atoms with E-state index in [0.717, 1.165) is 45.1 Å². The molecule has 0 amide bonds. The van der Waals surface area contributed by atoms with Gasteiger partial charge in [-0.25, -0.2) is 0 Å². The van der Waals surface area contributed by atoms with Crippen LogP contribution >= 0.6 is 0 Å². The van der Waals surface area contributed by atoms with E-state index in [4.69, 9.17) is 9.97 Å². The number of pyridine rings is 1. The molecule has 0 saturated carbocycles. The van der Waals surface area contributed by atoms with Crippen molar-refractivity contribution in [1.82, 2.24) is 15.0 Å². The SMILES string of the molecule is c1ccc(-c2cc(-c3ccncc3)nc(-c3ccc(N4c5ccccc5C5(c6ccccc64)c4cccc[c]4[Ge]4([c]6ccccc6N(c6ccccc6)c6cccc[c]64)[c]4ccccc45)cc3)n2)cc1. The number of para-hydroxylation sites is 5. The molecule has 0 saturated heterocycles. The van der Waals surface area contributed by atoms with Gasteiger partial charge in [-0.1, -0.05) is 30.3 Å². The fraction of sp³-hybridized carbons (Fsp3) is 0.0156. The number of hydrogen-bond acceptors (Lipinski definition) is 5. The Kier molecular flexibility index (Phi) is 9.23. The quantitative estimate of drug-likeness (QED) is 0.161. The maximum atomic E-state index is 5.16. The molecule has 0 fully saturated rings. The van der Waals surface area contributed by atoms with Crippen molar-refractivity contribution in [3.8, 4) is 33.9 Å². The minimum Gasteiger partial charge on any atom is -0.0616 e. The van der Waals surface area contributed by atoms with E-state index in [1.807, 2.05) is 30.6 Å². The first kappa shape index (κ1) is 40.4. The van der Waals surface area contributed by atoms with Gasteiger partial charge in [-0.2, -0.15) is 0 Å². The second-order valence-corrected chi connectivity index (χ2v) is 25.9. The Balaban J connectivity index is 0.973. The minimum atomic E-state index is -3.86.